The van der Waals surface area contributed by atoms with Gasteiger partial charge in [0.1, 0.15) is 0 Å². The molecule has 3 nitrogen and oxygen atoms in total. The molecule has 22 heavy (non-hydrogen) atoms. The van der Waals surface area contributed by atoms with E-state index in [1.54, 1.807) is 0 Å². The third kappa shape index (κ3) is 32.4. The zero-order valence-corrected chi connectivity index (χ0v) is 18.0. The molecule has 4 heteroatoms. The summed E-state index contributed by atoms with van der Waals surface area (Å²) in [5.74, 6) is -0.711. The van der Waals surface area contributed by atoms with Crippen molar-refractivity contribution >= 4 is 35.5 Å². The van der Waals surface area contributed by atoms with Crippen molar-refractivity contribution in [2.45, 2.75) is 90.9 Å². The first-order chi connectivity index (χ1) is 10.0. The number of unbranched alkanes of at least 4 members (excludes halogenated alkanes) is 9. The number of carboxylic acid groups (broad SMARTS) is 1. The second kappa shape index (κ2) is 23.7. The van der Waals surface area contributed by atoms with E-state index in [0.717, 1.165) is 6.42 Å². The van der Waals surface area contributed by atoms with Crippen molar-refractivity contribution in [3.63, 3.8) is 0 Å². The third-order valence-electron chi connectivity index (χ3n) is 3.42. The molecular weight excluding hydrogens is 285 g/mol. The molecule has 0 aromatic heterocycles. The second-order valence-corrected chi connectivity index (χ2v) is 6.13. The molecule has 0 aliphatic rings. The predicted octanol–water partition coefficient (Wildman–Crippen LogP) is 4.96. The number of rotatable bonds is 13. The summed E-state index contributed by atoms with van der Waals surface area (Å²) >= 11 is 0. The molecule has 0 amide bonds. The van der Waals surface area contributed by atoms with Crippen LogP contribution in [0.15, 0.2) is 0 Å². The Kier molecular flexibility index (Phi) is 29.4. The van der Waals surface area contributed by atoms with Gasteiger partial charge < -0.3 is 10.0 Å². The van der Waals surface area contributed by atoms with E-state index < -0.39 is 5.97 Å². The number of nitrogens with zero attached hydrogens (tertiary/aromatic N) is 1. The number of hydrogen-bond donors (Lipinski definition) is 1. The van der Waals surface area contributed by atoms with Gasteiger partial charge >= 0.3 is 5.97 Å². The first-order valence-corrected chi connectivity index (χ1v) is 8.91. The molecule has 0 aliphatic heterocycles. The Morgan fingerprint density at radius 1 is 0.773 bits per heavy atom. The SMILES string of the molecule is CCCC(=O)O.CCCCCCCCCCCCN(C)C.[Na]. The standard InChI is InChI=1S/C14H31N.C4H8O2.Na/c1-4-5-6-7-8-9-10-11-12-13-14-15(2)3;1-2-3-4(5)6;/h4-14H2,1-3H3;2-3H2,1H3,(H,5,6);. The van der Waals surface area contributed by atoms with Gasteiger partial charge in [0.25, 0.3) is 0 Å². The van der Waals surface area contributed by atoms with E-state index in [4.69, 9.17) is 5.11 Å². The van der Waals surface area contributed by atoms with Crippen molar-refractivity contribution in [2.24, 2.45) is 0 Å². The van der Waals surface area contributed by atoms with E-state index in [1.807, 2.05) is 6.92 Å². The fourth-order valence-electron chi connectivity index (χ4n) is 2.13. The summed E-state index contributed by atoms with van der Waals surface area (Å²) in [6.07, 6.45) is 15.4. The molecule has 0 saturated heterocycles. The molecule has 0 aromatic carbocycles. The van der Waals surface area contributed by atoms with Crippen LogP contribution in [0.25, 0.3) is 0 Å². The summed E-state index contributed by atoms with van der Waals surface area (Å²) in [7, 11) is 4.32. The van der Waals surface area contributed by atoms with Gasteiger partial charge in [-0.2, -0.15) is 0 Å². The zero-order chi connectivity index (χ0) is 16.3. The van der Waals surface area contributed by atoms with Gasteiger partial charge in [-0.15, -0.1) is 0 Å². The summed E-state index contributed by atoms with van der Waals surface area (Å²) in [5.41, 5.74) is 0. The van der Waals surface area contributed by atoms with E-state index in [9.17, 15) is 4.79 Å². The summed E-state index contributed by atoms with van der Waals surface area (Å²) in [5, 5.41) is 7.91. The Labute approximate surface area is 161 Å². The molecule has 0 aliphatic carbocycles. The van der Waals surface area contributed by atoms with Crippen LogP contribution in [0.2, 0.25) is 0 Å². The summed E-state index contributed by atoms with van der Waals surface area (Å²) in [6, 6.07) is 0. The molecule has 0 bridgehead atoms. The van der Waals surface area contributed by atoms with Crippen LogP contribution in [0.3, 0.4) is 0 Å². The van der Waals surface area contributed by atoms with E-state index in [2.05, 4.69) is 25.9 Å². The van der Waals surface area contributed by atoms with Crippen LogP contribution in [0, 0.1) is 0 Å². The molecule has 0 fully saturated rings. The molecule has 0 unspecified atom stereocenters. The summed E-state index contributed by atoms with van der Waals surface area (Å²) < 4.78 is 0. The minimum absolute atomic E-state index is 0. The molecule has 1 radical (unpaired) electrons. The molecular formula is C18H39NNaO2. The van der Waals surface area contributed by atoms with Crippen LogP contribution in [0.1, 0.15) is 90.9 Å². The first-order valence-electron chi connectivity index (χ1n) is 8.91. The average Bonchev–Trinajstić information content (AvgIpc) is 2.41. The Hall–Kier alpha value is 0.430. The van der Waals surface area contributed by atoms with Crippen molar-refractivity contribution in [1.29, 1.82) is 0 Å². The quantitative estimate of drug-likeness (QED) is 0.384. The Morgan fingerprint density at radius 3 is 1.45 bits per heavy atom. The number of carboxylic acids is 1. The molecule has 0 saturated carbocycles. The van der Waals surface area contributed by atoms with E-state index in [0.29, 0.717) is 6.42 Å². The van der Waals surface area contributed by atoms with Gasteiger partial charge in [-0.3, -0.25) is 4.79 Å². The number of aliphatic carboxylic acids is 1. The third-order valence-corrected chi connectivity index (χ3v) is 3.42. The van der Waals surface area contributed by atoms with Crippen LogP contribution >= 0.6 is 0 Å². The Morgan fingerprint density at radius 2 is 1.18 bits per heavy atom. The average molecular weight is 325 g/mol. The van der Waals surface area contributed by atoms with Gasteiger partial charge in [0.2, 0.25) is 0 Å². The predicted molar refractivity (Wildman–Crippen MR) is 98.7 cm³/mol. The minimum Gasteiger partial charge on any atom is -0.481 e. The van der Waals surface area contributed by atoms with Crippen LogP contribution in [0.5, 0.6) is 0 Å². The van der Waals surface area contributed by atoms with Crippen molar-refractivity contribution in [3.8, 4) is 0 Å². The maximum absolute atomic E-state index is 9.60. The van der Waals surface area contributed by atoms with Crippen molar-refractivity contribution in [3.05, 3.63) is 0 Å². The first kappa shape index (κ1) is 27.3. The van der Waals surface area contributed by atoms with Crippen LogP contribution in [-0.4, -0.2) is 66.2 Å². The summed E-state index contributed by atoms with van der Waals surface area (Å²) in [6.45, 7) is 5.38. The molecule has 0 spiro atoms. The van der Waals surface area contributed by atoms with Gasteiger partial charge in [-0.05, 0) is 33.5 Å². The Bertz CT molecular complexity index is 211. The second-order valence-electron chi connectivity index (χ2n) is 6.13. The Balaban J connectivity index is -0.000000439. The van der Waals surface area contributed by atoms with E-state index in [-0.39, 0.29) is 29.6 Å². The fourth-order valence-corrected chi connectivity index (χ4v) is 2.13. The van der Waals surface area contributed by atoms with E-state index >= 15 is 0 Å². The normalized spacial score (nSPS) is 9.86. The molecule has 0 rings (SSSR count). The maximum atomic E-state index is 9.60. The smallest absolute Gasteiger partial charge is 0.303 e. The summed E-state index contributed by atoms with van der Waals surface area (Å²) in [4.78, 5) is 11.9. The molecule has 0 atom stereocenters. The largest absolute Gasteiger partial charge is 0.481 e. The van der Waals surface area contributed by atoms with Gasteiger partial charge in [0.05, 0.1) is 0 Å². The van der Waals surface area contributed by atoms with Crippen molar-refractivity contribution < 1.29 is 9.90 Å². The van der Waals surface area contributed by atoms with Gasteiger partial charge in [-0.1, -0.05) is 71.6 Å². The molecule has 129 valence electrons. The topological polar surface area (TPSA) is 40.5 Å². The maximum Gasteiger partial charge on any atom is 0.303 e. The number of carbonyl (C=O) groups is 1. The fraction of sp³-hybridized carbons (Fsp3) is 0.944. The zero-order valence-electron chi connectivity index (χ0n) is 16.0. The molecule has 1 N–H and O–H groups in total. The monoisotopic (exact) mass is 324 g/mol. The van der Waals surface area contributed by atoms with Gasteiger partial charge in [-0.25, -0.2) is 0 Å². The molecule has 0 heterocycles. The minimum atomic E-state index is -0.711. The van der Waals surface area contributed by atoms with Crippen molar-refractivity contribution in [2.75, 3.05) is 20.6 Å². The number of hydrogen-bond acceptors (Lipinski definition) is 2. The van der Waals surface area contributed by atoms with Gasteiger partial charge in [0.15, 0.2) is 0 Å². The van der Waals surface area contributed by atoms with E-state index in [1.165, 1.54) is 70.8 Å². The van der Waals surface area contributed by atoms with Crippen LogP contribution in [-0.2, 0) is 4.79 Å². The van der Waals surface area contributed by atoms with Crippen molar-refractivity contribution in [1.82, 2.24) is 4.90 Å². The molecule has 0 aromatic rings. The van der Waals surface area contributed by atoms with Crippen LogP contribution < -0.4 is 0 Å². The van der Waals surface area contributed by atoms with Crippen LogP contribution in [0.4, 0.5) is 0 Å². The van der Waals surface area contributed by atoms with Gasteiger partial charge in [0, 0.05) is 36.0 Å².